The predicted molar refractivity (Wildman–Crippen MR) is 49.3 cm³/mol. The van der Waals surface area contributed by atoms with Crippen molar-refractivity contribution >= 4 is 11.5 Å². The van der Waals surface area contributed by atoms with Crippen LogP contribution in [0.2, 0.25) is 0 Å². The fourth-order valence-corrected chi connectivity index (χ4v) is 0.906. The molecule has 0 bridgehead atoms. The summed E-state index contributed by atoms with van der Waals surface area (Å²) < 4.78 is 1.63. The van der Waals surface area contributed by atoms with Crippen molar-refractivity contribution in [1.29, 1.82) is 0 Å². The van der Waals surface area contributed by atoms with Gasteiger partial charge in [0.05, 0.1) is 18.4 Å². The van der Waals surface area contributed by atoms with Gasteiger partial charge in [-0.15, -0.1) is 0 Å². The van der Waals surface area contributed by atoms with Crippen LogP contribution >= 0.6 is 0 Å². The van der Waals surface area contributed by atoms with E-state index in [1.165, 1.54) is 6.20 Å². The highest BCUT2D eigenvalue weighted by molar-refractivity contribution is 5.56. The molecular formula is C7H15N5. The van der Waals surface area contributed by atoms with Crippen molar-refractivity contribution in [1.82, 2.24) is 9.78 Å². The first-order valence-electron chi connectivity index (χ1n) is 3.97. The molecule has 0 saturated heterocycles. The lowest BCUT2D eigenvalue weighted by atomic mass is 10.2. The van der Waals surface area contributed by atoms with Crippen LogP contribution in [-0.4, -0.2) is 15.8 Å². The first-order chi connectivity index (χ1) is 5.65. The number of aromatic nitrogens is 2. The predicted octanol–water partition coefficient (Wildman–Crippen LogP) is -0.215. The Bertz CT molecular complexity index is 254. The molecule has 5 nitrogen and oxygen atoms in total. The van der Waals surface area contributed by atoms with Crippen LogP contribution in [0.4, 0.5) is 11.5 Å². The molecule has 0 radical (unpaired) electrons. The van der Waals surface area contributed by atoms with Gasteiger partial charge >= 0.3 is 0 Å². The van der Waals surface area contributed by atoms with Crippen LogP contribution in [0.1, 0.15) is 13.3 Å². The van der Waals surface area contributed by atoms with Crippen molar-refractivity contribution in [3.8, 4) is 0 Å². The third-order valence-corrected chi connectivity index (χ3v) is 1.84. The molecule has 1 aromatic heterocycles. The minimum atomic E-state index is 0.0894. The Hall–Kier alpha value is -1.23. The average molecular weight is 169 g/mol. The largest absolute Gasteiger partial charge is 0.394 e. The van der Waals surface area contributed by atoms with E-state index >= 15 is 0 Å². The Morgan fingerprint density at radius 2 is 2.25 bits per heavy atom. The van der Waals surface area contributed by atoms with Gasteiger partial charge in [-0.1, -0.05) is 6.92 Å². The zero-order valence-corrected chi connectivity index (χ0v) is 7.20. The maximum atomic E-state index is 5.73. The Labute approximate surface area is 71.5 Å². The van der Waals surface area contributed by atoms with Crippen LogP contribution in [-0.2, 0) is 6.54 Å². The van der Waals surface area contributed by atoms with E-state index in [0.29, 0.717) is 18.1 Å². The summed E-state index contributed by atoms with van der Waals surface area (Å²) in [7, 11) is 0. The number of nitrogens with two attached hydrogens (primary N) is 3. The summed E-state index contributed by atoms with van der Waals surface area (Å²) in [4.78, 5) is 0. The number of nitrogen functional groups attached to an aromatic ring is 2. The molecule has 1 rings (SSSR count). The molecule has 0 aliphatic rings. The normalized spacial score (nSPS) is 13.2. The lowest BCUT2D eigenvalue weighted by molar-refractivity contribution is 0.505. The summed E-state index contributed by atoms with van der Waals surface area (Å²) in [6.45, 7) is 2.65. The van der Waals surface area contributed by atoms with Crippen molar-refractivity contribution in [3.63, 3.8) is 0 Å². The molecule has 1 atom stereocenters. The summed E-state index contributed by atoms with van der Waals surface area (Å²) in [6.07, 6.45) is 2.44. The maximum absolute atomic E-state index is 5.73. The highest BCUT2D eigenvalue weighted by Crippen LogP contribution is 2.12. The van der Waals surface area contributed by atoms with Crippen LogP contribution in [0, 0.1) is 0 Å². The highest BCUT2D eigenvalue weighted by Gasteiger charge is 2.06. The maximum Gasteiger partial charge on any atom is 0.145 e. The standard InChI is InChI=1S/C7H15N5/c1-2-5(8)4-12-7(10)6(9)3-11-12/h3,5H,2,4,8-10H2,1H3. The van der Waals surface area contributed by atoms with Crippen molar-refractivity contribution in [2.45, 2.75) is 25.9 Å². The van der Waals surface area contributed by atoms with E-state index in [0.717, 1.165) is 6.42 Å². The third-order valence-electron chi connectivity index (χ3n) is 1.84. The van der Waals surface area contributed by atoms with Gasteiger partial charge in [0.15, 0.2) is 0 Å². The molecule has 1 unspecified atom stereocenters. The van der Waals surface area contributed by atoms with Gasteiger partial charge in [-0.25, -0.2) is 4.68 Å². The number of hydrogen-bond donors (Lipinski definition) is 3. The Morgan fingerprint density at radius 1 is 1.58 bits per heavy atom. The quantitative estimate of drug-likeness (QED) is 0.583. The molecule has 5 heteroatoms. The second kappa shape index (κ2) is 3.44. The lowest BCUT2D eigenvalue weighted by Crippen LogP contribution is -2.26. The van der Waals surface area contributed by atoms with Crippen molar-refractivity contribution in [3.05, 3.63) is 6.20 Å². The molecule has 0 saturated carbocycles. The Kier molecular flexibility index (Phi) is 2.54. The van der Waals surface area contributed by atoms with Gasteiger partial charge in [0, 0.05) is 6.04 Å². The minimum absolute atomic E-state index is 0.0894. The zero-order chi connectivity index (χ0) is 9.14. The molecule has 68 valence electrons. The number of rotatable bonds is 3. The van der Waals surface area contributed by atoms with E-state index in [2.05, 4.69) is 5.10 Å². The van der Waals surface area contributed by atoms with Crippen LogP contribution < -0.4 is 17.2 Å². The van der Waals surface area contributed by atoms with Crippen LogP contribution in [0.3, 0.4) is 0 Å². The fraction of sp³-hybridized carbons (Fsp3) is 0.571. The topological polar surface area (TPSA) is 95.9 Å². The number of nitrogens with zero attached hydrogens (tertiary/aromatic N) is 2. The van der Waals surface area contributed by atoms with Gasteiger partial charge in [0.2, 0.25) is 0 Å². The third kappa shape index (κ3) is 1.68. The zero-order valence-electron chi connectivity index (χ0n) is 7.20. The molecule has 12 heavy (non-hydrogen) atoms. The van der Waals surface area contributed by atoms with E-state index in [9.17, 15) is 0 Å². The van der Waals surface area contributed by atoms with Crippen LogP contribution in [0.5, 0.6) is 0 Å². The monoisotopic (exact) mass is 169 g/mol. The van der Waals surface area contributed by atoms with Crippen molar-refractivity contribution in [2.75, 3.05) is 11.5 Å². The van der Waals surface area contributed by atoms with Gasteiger partial charge in [-0.2, -0.15) is 5.10 Å². The molecule has 0 fully saturated rings. The first kappa shape index (κ1) is 8.86. The van der Waals surface area contributed by atoms with Gasteiger partial charge in [0.25, 0.3) is 0 Å². The molecule has 0 aliphatic heterocycles. The smallest absolute Gasteiger partial charge is 0.145 e. The molecular weight excluding hydrogens is 154 g/mol. The molecule has 0 aromatic carbocycles. The average Bonchev–Trinajstić information content (AvgIpc) is 2.36. The SMILES string of the molecule is CCC(N)Cn1ncc(N)c1N. The van der Waals surface area contributed by atoms with Crippen LogP contribution in [0.15, 0.2) is 6.20 Å². The van der Waals surface area contributed by atoms with Gasteiger partial charge in [-0.05, 0) is 6.42 Å². The summed E-state index contributed by atoms with van der Waals surface area (Å²) in [6, 6.07) is 0.0894. The summed E-state index contributed by atoms with van der Waals surface area (Å²) in [5.74, 6) is 0.499. The summed E-state index contributed by atoms with van der Waals surface area (Å²) >= 11 is 0. The van der Waals surface area contributed by atoms with Gasteiger partial charge in [-0.3, -0.25) is 0 Å². The van der Waals surface area contributed by atoms with Crippen molar-refractivity contribution in [2.24, 2.45) is 5.73 Å². The second-order valence-corrected chi connectivity index (χ2v) is 2.84. The lowest BCUT2D eigenvalue weighted by Gasteiger charge is -2.09. The van der Waals surface area contributed by atoms with Crippen molar-refractivity contribution < 1.29 is 0 Å². The van der Waals surface area contributed by atoms with Gasteiger partial charge < -0.3 is 17.2 Å². The molecule has 0 amide bonds. The Morgan fingerprint density at radius 3 is 2.67 bits per heavy atom. The van der Waals surface area contributed by atoms with E-state index in [4.69, 9.17) is 17.2 Å². The van der Waals surface area contributed by atoms with Crippen LogP contribution in [0.25, 0.3) is 0 Å². The van der Waals surface area contributed by atoms with E-state index in [-0.39, 0.29) is 6.04 Å². The summed E-state index contributed by atoms with van der Waals surface area (Å²) in [5, 5.41) is 3.99. The Balaban J connectivity index is 2.69. The van der Waals surface area contributed by atoms with Gasteiger partial charge in [0.1, 0.15) is 5.82 Å². The van der Waals surface area contributed by atoms with E-state index < -0.39 is 0 Å². The molecule has 0 spiro atoms. The first-order valence-corrected chi connectivity index (χ1v) is 3.97. The highest BCUT2D eigenvalue weighted by atomic mass is 15.3. The molecule has 0 aliphatic carbocycles. The molecule has 1 aromatic rings. The molecule has 6 N–H and O–H groups in total. The minimum Gasteiger partial charge on any atom is -0.394 e. The van der Waals surface area contributed by atoms with E-state index in [1.54, 1.807) is 4.68 Å². The number of hydrogen-bond acceptors (Lipinski definition) is 4. The van der Waals surface area contributed by atoms with E-state index in [1.807, 2.05) is 6.92 Å². The number of anilines is 2. The fourth-order valence-electron chi connectivity index (χ4n) is 0.906. The summed E-state index contributed by atoms with van der Waals surface area (Å²) in [5.41, 5.74) is 17.4. The molecule has 1 heterocycles. The second-order valence-electron chi connectivity index (χ2n) is 2.84.